The molecule has 0 bridgehead atoms. The average molecular weight is 452 g/mol. The van der Waals surface area contributed by atoms with E-state index in [2.05, 4.69) is 147 Å². The van der Waals surface area contributed by atoms with Gasteiger partial charge in [0.2, 0.25) is 0 Å². The maximum Gasteiger partial charge on any atom is 0.0408 e. The van der Waals surface area contributed by atoms with Gasteiger partial charge in [-0.05, 0) is 74.8 Å². The highest BCUT2D eigenvalue weighted by Gasteiger charge is 2.35. The van der Waals surface area contributed by atoms with E-state index in [9.17, 15) is 0 Å². The highest BCUT2D eigenvalue weighted by Crippen LogP contribution is 2.49. The number of rotatable bonds is 4. The van der Waals surface area contributed by atoms with Crippen LogP contribution in [-0.2, 0) is 5.41 Å². The minimum absolute atomic E-state index is 0.0487. The molecule has 0 unspecified atom stereocenters. The Morgan fingerprint density at radius 2 is 0.943 bits per heavy atom. The summed E-state index contributed by atoms with van der Waals surface area (Å²) in [5.74, 6) is 0. The molecule has 0 atom stereocenters. The van der Waals surface area contributed by atoms with Crippen molar-refractivity contribution in [2.45, 2.75) is 19.3 Å². The minimum atomic E-state index is 0.0487. The van der Waals surface area contributed by atoms with Crippen molar-refractivity contribution in [3.63, 3.8) is 0 Å². The van der Waals surface area contributed by atoms with Crippen LogP contribution in [0, 0.1) is 0 Å². The number of nitrogens with zero attached hydrogens (tertiary/aromatic N) is 1. The van der Waals surface area contributed by atoms with Crippen LogP contribution in [0.1, 0.15) is 25.0 Å². The predicted octanol–water partition coefficient (Wildman–Crippen LogP) is 9.09. The van der Waals surface area contributed by atoms with Gasteiger partial charge in [-0.2, -0.15) is 0 Å². The lowest BCUT2D eigenvalue weighted by Crippen LogP contribution is -2.14. The fourth-order valence-electron chi connectivity index (χ4n) is 5.43. The fourth-order valence-corrected chi connectivity index (χ4v) is 5.43. The van der Waals surface area contributed by atoms with Gasteiger partial charge in [-0.15, -0.1) is 0 Å². The zero-order valence-corrected chi connectivity index (χ0v) is 20.5. The van der Waals surface area contributed by atoms with Crippen molar-refractivity contribution >= 4 is 11.4 Å². The van der Waals surface area contributed by atoms with Crippen molar-refractivity contribution < 1.29 is 0 Å². The summed E-state index contributed by atoms with van der Waals surface area (Å²) in [6, 6.07) is 44.0. The standard InChI is InChI=1S/C34H29N/c1-34(2)32-12-8-7-11-30(32)31-23-27(17-22-33(31)34)26-15-20-29(21-16-26)35(3)28-18-13-25(14-19-28)24-9-5-4-6-10-24/h4-23H,1-3H3. The molecule has 6 rings (SSSR count). The van der Waals surface area contributed by atoms with E-state index in [0.717, 1.165) is 0 Å². The smallest absolute Gasteiger partial charge is 0.0408 e. The Morgan fingerprint density at radius 3 is 1.60 bits per heavy atom. The van der Waals surface area contributed by atoms with Crippen LogP contribution in [0.4, 0.5) is 11.4 Å². The quantitative estimate of drug-likeness (QED) is 0.263. The zero-order chi connectivity index (χ0) is 24.0. The van der Waals surface area contributed by atoms with Gasteiger partial charge < -0.3 is 4.90 Å². The zero-order valence-electron chi connectivity index (χ0n) is 20.5. The van der Waals surface area contributed by atoms with Gasteiger partial charge in [0.15, 0.2) is 0 Å². The summed E-state index contributed by atoms with van der Waals surface area (Å²) >= 11 is 0. The van der Waals surface area contributed by atoms with E-state index in [0.29, 0.717) is 0 Å². The first-order chi connectivity index (χ1) is 17.0. The summed E-state index contributed by atoms with van der Waals surface area (Å²) < 4.78 is 0. The second-order valence-corrected chi connectivity index (χ2v) is 9.95. The second-order valence-electron chi connectivity index (χ2n) is 9.95. The molecule has 0 saturated carbocycles. The number of hydrogen-bond donors (Lipinski definition) is 0. The van der Waals surface area contributed by atoms with Gasteiger partial charge in [-0.25, -0.2) is 0 Å². The molecule has 0 fully saturated rings. The van der Waals surface area contributed by atoms with Crippen LogP contribution in [0.15, 0.2) is 121 Å². The molecule has 0 amide bonds. The Bertz CT molecular complexity index is 1490. The van der Waals surface area contributed by atoms with Crippen molar-refractivity contribution in [2.24, 2.45) is 0 Å². The number of fused-ring (bicyclic) bond motifs is 3. The summed E-state index contributed by atoms with van der Waals surface area (Å²) in [5, 5.41) is 0. The van der Waals surface area contributed by atoms with Gasteiger partial charge in [0.1, 0.15) is 0 Å². The Balaban J connectivity index is 1.27. The van der Waals surface area contributed by atoms with Gasteiger partial charge in [-0.1, -0.05) is 105 Å². The summed E-state index contributed by atoms with van der Waals surface area (Å²) in [5.41, 5.74) is 12.9. The third kappa shape index (κ3) is 3.65. The fraction of sp³-hybridized carbons (Fsp3) is 0.118. The third-order valence-corrected chi connectivity index (χ3v) is 7.53. The molecule has 35 heavy (non-hydrogen) atoms. The van der Waals surface area contributed by atoms with Crippen molar-refractivity contribution in [1.29, 1.82) is 0 Å². The average Bonchev–Trinajstić information content (AvgIpc) is 3.15. The van der Waals surface area contributed by atoms with E-state index in [1.807, 2.05) is 0 Å². The molecule has 1 aliphatic carbocycles. The van der Waals surface area contributed by atoms with Crippen molar-refractivity contribution in [3.05, 3.63) is 132 Å². The Morgan fingerprint density at radius 1 is 0.457 bits per heavy atom. The maximum absolute atomic E-state index is 2.37. The number of hydrogen-bond acceptors (Lipinski definition) is 1. The molecule has 5 aromatic carbocycles. The van der Waals surface area contributed by atoms with E-state index in [-0.39, 0.29) is 5.41 Å². The van der Waals surface area contributed by atoms with Crippen molar-refractivity contribution in [2.75, 3.05) is 11.9 Å². The first kappa shape index (κ1) is 21.4. The normalized spacial score (nSPS) is 13.2. The maximum atomic E-state index is 2.37. The largest absolute Gasteiger partial charge is 0.345 e. The summed E-state index contributed by atoms with van der Waals surface area (Å²) in [6.45, 7) is 4.66. The van der Waals surface area contributed by atoms with Gasteiger partial charge in [0, 0.05) is 23.8 Å². The van der Waals surface area contributed by atoms with E-state index in [1.165, 1.54) is 55.9 Å². The van der Waals surface area contributed by atoms with E-state index in [1.54, 1.807) is 0 Å². The molecule has 1 aliphatic rings. The molecule has 0 heterocycles. The van der Waals surface area contributed by atoms with Crippen LogP contribution < -0.4 is 4.90 Å². The molecule has 0 N–H and O–H groups in total. The van der Waals surface area contributed by atoms with Gasteiger partial charge in [0.25, 0.3) is 0 Å². The van der Waals surface area contributed by atoms with Crippen molar-refractivity contribution in [1.82, 2.24) is 0 Å². The molecule has 1 nitrogen and oxygen atoms in total. The van der Waals surface area contributed by atoms with E-state index >= 15 is 0 Å². The van der Waals surface area contributed by atoms with Crippen molar-refractivity contribution in [3.8, 4) is 33.4 Å². The van der Waals surface area contributed by atoms with Gasteiger partial charge in [0.05, 0.1) is 0 Å². The molecule has 0 saturated heterocycles. The summed E-state index contributed by atoms with van der Waals surface area (Å²) in [4.78, 5) is 2.24. The molecule has 170 valence electrons. The molecule has 0 aliphatic heterocycles. The summed E-state index contributed by atoms with van der Waals surface area (Å²) in [7, 11) is 2.13. The lowest BCUT2D eigenvalue weighted by atomic mass is 9.82. The number of anilines is 2. The molecular formula is C34H29N. The Labute approximate surface area is 208 Å². The van der Waals surface area contributed by atoms with Crippen LogP contribution in [0.25, 0.3) is 33.4 Å². The number of benzene rings is 5. The predicted molar refractivity (Wildman–Crippen MR) is 149 cm³/mol. The minimum Gasteiger partial charge on any atom is -0.345 e. The van der Waals surface area contributed by atoms with Crippen LogP contribution >= 0.6 is 0 Å². The van der Waals surface area contributed by atoms with E-state index < -0.39 is 0 Å². The first-order valence-electron chi connectivity index (χ1n) is 12.3. The summed E-state index contributed by atoms with van der Waals surface area (Å²) in [6.07, 6.45) is 0. The molecule has 0 radical (unpaired) electrons. The monoisotopic (exact) mass is 451 g/mol. The first-order valence-corrected chi connectivity index (χ1v) is 12.3. The third-order valence-electron chi connectivity index (χ3n) is 7.53. The second kappa shape index (κ2) is 8.29. The van der Waals surface area contributed by atoms with E-state index in [4.69, 9.17) is 0 Å². The molecule has 5 aromatic rings. The van der Waals surface area contributed by atoms with Crippen LogP contribution in [-0.4, -0.2) is 7.05 Å². The topological polar surface area (TPSA) is 3.24 Å². The van der Waals surface area contributed by atoms with Gasteiger partial charge in [-0.3, -0.25) is 0 Å². The highest BCUT2D eigenvalue weighted by atomic mass is 15.1. The lowest BCUT2D eigenvalue weighted by molar-refractivity contribution is 0.660. The highest BCUT2D eigenvalue weighted by molar-refractivity contribution is 5.84. The molecule has 1 heteroatoms. The van der Waals surface area contributed by atoms with Crippen LogP contribution in [0.2, 0.25) is 0 Å². The van der Waals surface area contributed by atoms with Crippen LogP contribution in [0.5, 0.6) is 0 Å². The lowest BCUT2D eigenvalue weighted by Gasteiger charge is -2.21. The van der Waals surface area contributed by atoms with Gasteiger partial charge >= 0.3 is 0 Å². The Hall–Kier alpha value is -4.10. The van der Waals surface area contributed by atoms with Crippen LogP contribution in [0.3, 0.4) is 0 Å². The SMILES string of the molecule is CN(c1ccc(-c2ccccc2)cc1)c1ccc(-c2ccc3c(c2)-c2ccccc2C3(C)C)cc1. The molecular weight excluding hydrogens is 422 g/mol. The molecule has 0 spiro atoms. The Kier molecular flexibility index (Phi) is 5.07. The molecule has 0 aromatic heterocycles.